The monoisotopic (exact) mass is 288 g/mol. The number of para-hydroxylation sites is 1. The van der Waals surface area contributed by atoms with Crippen molar-refractivity contribution in [3.63, 3.8) is 0 Å². The van der Waals surface area contributed by atoms with Crippen LogP contribution < -0.4 is 5.32 Å². The molecule has 0 amide bonds. The summed E-state index contributed by atoms with van der Waals surface area (Å²) in [6.45, 7) is 5.50. The molecule has 1 heterocycles. The van der Waals surface area contributed by atoms with E-state index in [1.54, 1.807) is 0 Å². The molecule has 0 unspecified atom stereocenters. The minimum Gasteiger partial charge on any atom is -0.335 e. The van der Waals surface area contributed by atoms with Crippen molar-refractivity contribution in [1.29, 1.82) is 0 Å². The lowest BCUT2D eigenvalue weighted by atomic mass is 9.89. The molecule has 2 nitrogen and oxygen atoms in total. The van der Waals surface area contributed by atoms with Crippen molar-refractivity contribution in [2.24, 2.45) is 10.4 Å². The van der Waals surface area contributed by atoms with Crippen LogP contribution in [0.25, 0.3) is 0 Å². The number of thioether (sulfide) groups is 1. The summed E-state index contributed by atoms with van der Waals surface area (Å²) in [6, 6.07) is 8.59. The molecule has 2 aliphatic rings. The molecule has 3 rings (SSSR count). The Morgan fingerprint density at radius 1 is 1.20 bits per heavy atom. The zero-order chi connectivity index (χ0) is 14.0. The van der Waals surface area contributed by atoms with Gasteiger partial charge in [0.2, 0.25) is 0 Å². The zero-order valence-electron chi connectivity index (χ0n) is 12.5. The fraction of sp³-hybridized carbons (Fsp3) is 0.588. The van der Waals surface area contributed by atoms with Crippen molar-refractivity contribution in [3.8, 4) is 0 Å². The van der Waals surface area contributed by atoms with Crippen molar-refractivity contribution in [1.82, 2.24) is 0 Å². The number of benzene rings is 1. The molecule has 0 saturated heterocycles. The average molecular weight is 288 g/mol. The molecule has 1 aromatic rings. The summed E-state index contributed by atoms with van der Waals surface area (Å²) in [4.78, 5) is 4.83. The van der Waals surface area contributed by atoms with E-state index in [1.165, 1.54) is 42.7 Å². The standard InChI is InChI=1S/C17H24N2S/c1-13(2)14-7-3-4-8-15(14)19-16-18-11-17(12-20-16)9-5-6-10-17/h3-4,7-8,13H,5-6,9-12H2,1-2H3,(H,18,19). The number of rotatable bonds is 2. The molecule has 1 aliphatic heterocycles. The molecular formula is C17H24N2S. The first kappa shape index (κ1) is 14.0. The lowest BCUT2D eigenvalue weighted by Gasteiger charge is -2.31. The smallest absolute Gasteiger partial charge is 0.161 e. The van der Waals surface area contributed by atoms with Crippen LogP contribution in [0.1, 0.15) is 51.0 Å². The molecule has 0 aromatic heterocycles. The summed E-state index contributed by atoms with van der Waals surface area (Å²) in [7, 11) is 0. The van der Waals surface area contributed by atoms with Crippen molar-refractivity contribution >= 4 is 22.6 Å². The Hall–Kier alpha value is -0.960. The first-order chi connectivity index (χ1) is 9.69. The first-order valence-corrected chi connectivity index (χ1v) is 8.70. The number of nitrogens with zero attached hydrogens (tertiary/aromatic N) is 1. The van der Waals surface area contributed by atoms with Gasteiger partial charge in [-0.3, -0.25) is 4.99 Å². The summed E-state index contributed by atoms with van der Waals surface area (Å²) >= 11 is 1.91. The average Bonchev–Trinajstić information content (AvgIpc) is 2.90. The molecule has 3 heteroatoms. The maximum absolute atomic E-state index is 4.83. The molecule has 108 valence electrons. The van der Waals surface area contributed by atoms with Gasteiger partial charge in [0.15, 0.2) is 5.17 Å². The number of hydrogen-bond donors (Lipinski definition) is 1. The fourth-order valence-electron chi connectivity index (χ4n) is 3.28. The van der Waals surface area contributed by atoms with Gasteiger partial charge in [-0.25, -0.2) is 0 Å². The van der Waals surface area contributed by atoms with Gasteiger partial charge in [-0.1, -0.05) is 56.7 Å². The number of aliphatic imine (C=N–C) groups is 1. The van der Waals surface area contributed by atoms with E-state index in [2.05, 4.69) is 43.4 Å². The normalized spacial score (nSPS) is 21.2. The second-order valence-corrected chi connectivity index (χ2v) is 7.45. The third-order valence-electron chi connectivity index (χ3n) is 4.56. The minimum atomic E-state index is 0.521. The summed E-state index contributed by atoms with van der Waals surface area (Å²) in [5.74, 6) is 1.77. The summed E-state index contributed by atoms with van der Waals surface area (Å²) in [5.41, 5.74) is 3.11. The molecule has 20 heavy (non-hydrogen) atoms. The molecule has 0 atom stereocenters. The van der Waals surface area contributed by atoms with Crippen molar-refractivity contribution in [2.45, 2.75) is 45.4 Å². The van der Waals surface area contributed by atoms with Crippen LogP contribution in [-0.4, -0.2) is 17.5 Å². The molecule has 0 bridgehead atoms. The third kappa shape index (κ3) is 2.88. The van der Waals surface area contributed by atoms with Crippen molar-refractivity contribution in [3.05, 3.63) is 29.8 Å². The molecule has 1 fully saturated rings. The van der Waals surface area contributed by atoms with Crippen LogP contribution in [0.5, 0.6) is 0 Å². The van der Waals surface area contributed by atoms with E-state index in [-0.39, 0.29) is 0 Å². The van der Waals surface area contributed by atoms with Crippen LogP contribution >= 0.6 is 11.8 Å². The maximum Gasteiger partial charge on any atom is 0.161 e. The van der Waals surface area contributed by atoms with Gasteiger partial charge in [-0.2, -0.15) is 0 Å². The van der Waals surface area contributed by atoms with Gasteiger partial charge in [0.05, 0.1) is 0 Å². The molecule has 1 aliphatic carbocycles. The Kier molecular flexibility index (Phi) is 4.06. The largest absolute Gasteiger partial charge is 0.335 e. The van der Waals surface area contributed by atoms with Crippen LogP contribution in [0.2, 0.25) is 0 Å². The Morgan fingerprint density at radius 3 is 2.60 bits per heavy atom. The molecular weight excluding hydrogens is 264 g/mol. The number of amidine groups is 1. The van der Waals surface area contributed by atoms with Gasteiger partial charge in [-0.05, 0) is 35.8 Å². The van der Waals surface area contributed by atoms with Crippen LogP contribution in [-0.2, 0) is 0 Å². The SMILES string of the molecule is CC(C)c1ccccc1NC1=NCC2(CCCC2)CS1. The Morgan fingerprint density at radius 2 is 1.95 bits per heavy atom. The highest BCUT2D eigenvalue weighted by Gasteiger charge is 2.36. The fourth-order valence-corrected chi connectivity index (χ4v) is 4.45. The molecule has 1 saturated carbocycles. The maximum atomic E-state index is 4.83. The van der Waals surface area contributed by atoms with Gasteiger partial charge in [0.1, 0.15) is 0 Å². The second kappa shape index (κ2) is 5.80. The highest BCUT2D eigenvalue weighted by atomic mass is 32.2. The molecule has 1 N–H and O–H groups in total. The Balaban J connectivity index is 1.71. The molecule has 1 aromatic carbocycles. The molecule has 1 spiro atoms. The van der Waals surface area contributed by atoms with E-state index in [9.17, 15) is 0 Å². The van der Waals surface area contributed by atoms with Gasteiger partial charge in [0, 0.05) is 18.0 Å². The summed E-state index contributed by atoms with van der Waals surface area (Å²) in [6.07, 6.45) is 5.54. The quantitative estimate of drug-likeness (QED) is 0.838. The molecule has 0 radical (unpaired) electrons. The highest BCUT2D eigenvalue weighted by molar-refractivity contribution is 8.14. The van der Waals surface area contributed by atoms with Crippen molar-refractivity contribution < 1.29 is 0 Å². The third-order valence-corrected chi connectivity index (χ3v) is 5.82. The summed E-state index contributed by atoms with van der Waals surface area (Å²) < 4.78 is 0. The van der Waals surface area contributed by atoms with Crippen LogP contribution in [0.15, 0.2) is 29.3 Å². The van der Waals surface area contributed by atoms with Gasteiger partial charge in [0.25, 0.3) is 0 Å². The first-order valence-electron chi connectivity index (χ1n) is 7.72. The van der Waals surface area contributed by atoms with E-state index in [0.29, 0.717) is 11.3 Å². The van der Waals surface area contributed by atoms with Crippen LogP contribution in [0, 0.1) is 5.41 Å². The van der Waals surface area contributed by atoms with Crippen LogP contribution in [0.3, 0.4) is 0 Å². The van der Waals surface area contributed by atoms with E-state index in [1.807, 2.05) is 11.8 Å². The van der Waals surface area contributed by atoms with Gasteiger partial charge in [-0.15, -0.1) is 0 Å². The summed E-state index contributed by atoms with van der Waals surface area (Å²) in [5, 5.41) is 4.66. The zero-order valence-corrected chi connectivity index (χ0v) is 13.3. The lowest BCUT2D eigenvalue weighted by Crippen LogP contribution is -2.30. The lowest BCUT2D eigenvalue weighted by molar-refractivity contribution is 0.359. The van der Waals surface area contributed by atoms with E-state index < -0.39 is 0 Å². The number of nitrogens with one attached hydrogen (secondary N) is 1. The highest BCUT2D eigenvalue weighted by Crippen LogP contribution is 2.43. The van der Waals surface area contributed by atoms with Gasteiger partial charge >= 0.3 is 0 Å². The predicted octanol–water partition coefficient (Wildman–Crippen LogP) is 4.89. The second-order valence-electron chi connectivity index (χ2n) is 6.48. The Bertz CT molecular complexity index is 501. The Labute approximate surface area is 126 Å². The van der Waals surface area contributed by atoms with E-state index in [4.69, 9.17) is 4.99 Å². The number of anilines is 1. The van der Waals surface area contributed by atoms with E-state index in [0.717, 1.165) is 11.7 Å². The predicted molar refractivity (Wildman–Crippen MR) is 89.8 cm³/mol. The topological polar surface area (TPSA) is 24.4 Å². The van der Waals surface area contributed by atoms with Crippen LogP contribution in [0.4, 0.5) is 5.69 Å². The minimum absolute atomic E-state index is 0.521. The van der Waals surface area contributed by atoms with E-state index >= 15 is 0 Å². The van der Waals surface area contributed by atoms with Gasteiger partial charge < -0.3 is 5.32 Å². The van der Waals surface area contributed by atoms with Crippen molar-refractivity contribution in [2.75, 3.05) is 17.6 Å². The number of hydrogen-bond acceptors (Lipinski definition) is 3.